The number of hydrogen-bond donors (Lipinski definition) is 1. The molecule has 0 amide bonds. The Hall–Kier alpha value is -0.990. The van der Waals surface area contributed by atoms with E-state index < -0.39 is 0 Å². The fourth-order valence-corrected chi connectivity index (χ4v) is 0.372. The van der Waals surface area contributed by atoms with E-state index in [4.69, 9.17) is 5.73 Å². The molecule has 0 spiro atoms. The van der Waals surface area contributed by atoms with Crippen molar-refractivity contribution in [3.05, 3.63) is 12.0 Å². The Morgan fingerprint density at radius 1 is 1.86 bits per heavy atom. The van der Waals surface area contributed by atoms with Gasteiger partial charge in [0.05, 0.1) is 5.69 Å². The molecule has 0 radical (unpaired) electrons. The zero-order valence-electron chi connectivity index (χ0n) is 4.01. The fourth-order valence-electron chi connectivity index (χ4n) is 0.372. The summed E-state index contributed by atoms with van der Waals surface area (Å²) in [5, 5.41) is 0. The molecule has 3 nitrogen and oxygen atoms in total. The standard InChI is InChI=1S/C4H6N2O/c1-3-2-7-4(5)6-3/h2H,1H3,(H2,5,6). The van der Waals surface area contributed by atoms with Crippen LogP contribution in [0.4, 0.5) is 6.01 Å². The van der Waals surface area contributed by atoms with Crippen molar-refractivity contribution in [2.45, 2.75) is 6.92 Å². The zero-order chi connectivity index (χ0) is 5.28. The van der Waals surface area contributed by atoms with Gasteiger partial charge in [0.15, 0.2) is 0 Å². The predicted octanol–water partition coefficient (Wildman–Crippen LogP) is 0.565. The summed E-state index contributed by atoms with van der Waals surface area (Å²) in [5.74, 6) is 0. The number of nitrogens with two attached hydrogens (primary N) is 1. The summed E-state index contributed by atoms with van der Waals surface area (Å²) in [7, 11) is 0. The molecule has 1 rings (SSSR count). The molecular weight excluding hydrogens is 92.1 g/mol. The number of aromatic nitrogens is 1. The average Bonchev–Trinajstić information content (AvgIpc) is 1.87. The van der Waals surface area contributed by atoms with Gasteiger partial charge in [0.2, 0.25) is 0 Å². The van der Waals surface area contributed by atoms with Crippen molar-refractivity contribution in [2.24, 2.45) is 0 Å². The van der Waals surface area contributed by atoms with Gasteiger partial charge >= 0.3 is 0 Å². The van der Waals surface area contributed by atoms with Crippen LogP contribution in [0.2, 0.25) is 0 Å². The average molecular weight is 98.1 g/mol. The molecule has 0 aliphatic rings. The van der Waals surface area contributed by atoms with Gasteiger partial charge in [0.25, 0.3) is 6.01 Å². The molecule has 0 bridgehead atoms. The first kappa shape index (κ1) is 4.18. The summed E-state index contributed by atoms with van der Waals surface area (Å²) >= 11 is 0. The molecule has 3 heteroatoms. The van der Waals surface area contributed by atoms with Crippen molar-refractivity contribution in [1.29, 1.82) is 0 Å². The van der Waals surface area contributed by atoms with E-state index in [9.17, 15) is 0 Å². The van der Waals surface area contributed by atoms with E-state index in [1.807, 2.05) is 6.92 Å². The molecule has 0 aliphatic carbocycles. The highest BCUT2D eigenvalue weighted by atomic mass is 16.4. The van der Waals surface area contributed by atoms with Crippen molar-refractivity contribution in [3.8, 4) is 0 Å². The summed E-state index contributed by atoms with van der Waals surface area (Å²) in [6.45, 7) is 1.82. The Kier molecular flexibility index (Phi) is 0.749. The Morgan fingerprint density at radius 2 is 2.57 bits per heavy atom. The summed E-state index contributed by atoms with van der Waals surface area (Å²) in [6.07, 6.45) is 1.51. The van der Waals surface area contributed by atoms with Gasteiger partial charge in [-0.05, 0) is 6.92 Å². The number of nitrogen functional groups attached to an aromatic ring is 1. The molecule has 0 saturated carbocycles. The van der Waals surface area contributed by atoms with Gasteiger partial charge in [-0.3, -0.25) is 0 Å². The highest BCUT2D eigenvalue weighted by molar-refractivity contribution is 5.10. The van der Waals surface area contributed by atoms with Crippen LogP contribution in [0.5, 0.6) is 0 Å². The first-order valence-electron chi connectivity index (χ1n) is 1.96. The molecule has 7 heavy (non-hydrogen) atoms. The van der Waals surface area contributed by atoms with Crippen LogP contribution in [0.3, 0.4) is 0 Å². The van der Waals surface area contributed by atoms with Crippen LogP contribution in [-0.4, -0.2) is 4.98 Å². The van der Waals surface area contributed by atoms with Gasteiger partial charge in [-0.25, -0.2) is 0 Å². The van der Waals surface area contributed by atoms with Crippen LogP contribution in [-0.2, 0) is 0 Å². The number of nitrogens with zero attached hydrogens (tertiary/aromatic N) is 1. The van der Waals surface area contributed by atoms with Gasteiger partial charge < -0.3 is 10.2 Å². The SMILES string of the molecule is Cc1coc(N)n1. The summed E-state index contributed by atoms with van der Waals surface area (Å²) < 4.78 is 4.63. The van der Waals surface area contributed by atoms with Gasteiger partial charge in [-0.2, -0.15) is 4.98 Å². The molecule has 0 unspecified atom stereocenters. The Bertz CT molecular complexity index is 142. The Morgan fingerprint density at radius 3 is 2.71 bits per heavy atom. The zero-order valence-corrected chi connectivity index (χ0v) is 4.01. The minimum atomic E-state index is 0.234. The van der Waals surface area contributed by atoms with Crippen LogP contribution in [0.25, 0.3) is 0 Å². The number of anilines is 1. The lowest BCUT2D eigenvalue weighted by atomic mass is 10.6. The van der Waals surface area contributed by atoms with Crippen LogP contribution in [0.1, 0.15) is 5.69 Å². The second-order valence-electron chi connectivity index (χ2n) is 1.33. The molecule has 1 aromatic heterocycles. The van der Waals surface area contributed by atoms with Crippen molar-refractivity contribution in [1.82, 2.24) is 4.98 Å². The van der Waals surface area contributed by atoms with E-state index in [1.165, 1.54) is 6.26 Å². The lowest BCUT2D eigenvalue weighted by Crippen LogP contribution is -1.81. The first-order chi connectivity index (χ1) is 3.29. The highest BCUT2D eigenvalue weighted by Gasteiger charge is 1.88. The van der Waals surface area contributed by atoms with Crippen LogP contribution >= 0.6 is 0 Å². The lowest BCUT2D eigenvalue weighted by molar-refractivity contribution is 0.579. The number of aryl methyl sites for hydroxylation is 1. The Balaban J connectivity index is 3.04. The molecular formula is C4H6N2O. The monoisotopic (exact) mass is 98.0 g/mol. The number of hydrogen-bond acceptors (Lipinski definition) is 3. The van der Waals surface area contributed by atoms with E-state index >= 15 is 0 Å². The van der Waals surface area contributed by atoms with Crippen LogP contribution in [0.15, 0.2) is 10.7 Å². The van der Waals surface area contributed by atoms with Gasteiger partial charge in [-0.15, -0.1) is 0 Å². The third-order valence-electron chi connectivity index (χ3n) is 0.637. The fraction of sp³-hybridized carbons (Fsp3) is 0.250. The topological polar surface area (TPSA) is 52.0 Å². The van der Waals surface area contributed by atoms with E-state index in [-0.39, 0.29) is 6.01 Å². The maximum atomic E-state index is 5.10. The number of rotatable bonds is 0. The molecule has 0 aromatic carbocycles. The van der Waals surface area contributed by atoms with E-state index in [2.05, 4.69) is 9.40 Å². The molecule has 0 saturated heterocycles. The molecule has 2 N–H and O–H groups in total. The molecule has 0 fully saturated rings. The summed E-state index contributed by atoms with van der Waals surface area (Å²) in [6, 6.07) is 0.234. The molecule has 0 atom stereocenters. The predicted molar refractivity (Wildman–Crippen MR) is 25.7 cm³/mol. The summed E-state index contributed by atoms with van der Waals surface area (Å²) in [5.41, 5.74) is 5.92. The molecule has 1 aromatic rings. The third kappa shape index (κ3) is 0.707. The van der Waals surface area contributed by atoms with Crippen LogP contribution in [0, 0.1) is 6.92 Å². The first-order valence-corrected chi connectivity index (χ1v) is 1.96. The second kappa shape index (κ2) is 1.26. The van der Waals surface area contributed by atoms with Crippen molar-refractivity contribution in [2.75, 3.05) is 5.73 Å². The summed E-state index contributed by atoms with van der Waals surface area (Å²) in [4.78, 5) is 3.72. The largest absolute Gasteiger partial charge is 0.432 e. The maximum Gasteiger partial charge on any atom is 0.292 e. The van der Waals surface area contributed by atoms with Gasteiger partial charge in [0, 0.05) is 0 Å². The van der Waals surface area contributed by atoms with Crippen LogP contribution < -0.4 is 5.73 Å². The van der Waals surface area contributed by atoms with Crippen molar-refractivity contribution < 1.29 is 4.42 Å². The second-order valence-corrected chi connectivity index (χ2v) is 1.33. The van der Waals surface area contributed by atoms with Crippen molar-refractivity contribution in [3.63, 3.8) is 0 Å². The maximum absolute atomic E-state index is 5.10. The Labute approximate surface area is 41.2 Å². The lowest BCUT2D eigenvalue weighted by Gasteiger charge is -1.70. The molecule has 1 heterocycles. The minimum absolute atomic E-state index is 0.234. The highest BCUT2D eigenvalue weighted by Crippen LogP contribution is 1.98. The quantitative estimate of drug-likeness (QED) is 0.516. The molecule has 0 aliphatic heterocycles. The minimum Gasteiger partial charge on any atom is -0.432 e. The van der Waals surface area contributed by atoms with Crippen molar-refractivity contribution >= 4 is 6.01 Å². The van der Waals surface area contributed by atoms with Gasteiger partial charge in [-0.1, -0.05) is 0 Å². The normalized spacial score (nSPS) is 9.29. The smallest absolute Gasteiger partial charge is 0.292 e. The van der Waals surface area contributed by atoms with E-state index in [1.54, 1.807) is 0 Å². The number of oxazole rings is 1. The van der Waals surface area contributed by atoms with E-state index in [0.29, 0.717) is 0 Å². The van der Waals surface area contributed by atoms with Gasteiger partial charge in [0.1, 0.15) is 6.26 Å². The third-order valence-corrected chi connectivity index (χ3v) is 0.637. The van der Waals surface area contributed by atoms with E-state index in [0.717, 1.165) is 5.69 Å². The molecule has 38 valence electrons.